The van der Waals surface area contributed by atoms with Gasteiger partial charge in [0.05, 0.1) is 6.26 Å². The Labute approximate surface area is 161 Å². The lowest BCUT2D eigenvalue weighted by atomic mass is 10.1. The normalized spacial score (nSPS) is 22.1. The first kappa shape index (κ1) is 20.2. The fraction of sp³-hybridized carbons (Fsp3) is 0.722. The Balaban J connectivity index is 1.65. The van der Waals surface area contributed by atoms with Crippen LogP contribution in [0.4, 0.5) is 0 Å². The summed E-state index contributed by atoms with van der Waals surface area (Å²) < 4.78 is 26.4. The number of likely N-dealkylation sites (tertiary alicyclic amines) is 2. The van der Waals surface area contributed by atoms with Gasteiger partial charge in [0.2, 0.25) is 15.8 Å². The first-order valence-corrected chi connectivity index (χ1v) is 11.6. The van der Waals surface area contributed by atoms with Gasteiger partial charge in [-0.15, -0.1) is 0 Å². The van der Waals surface area contributed by atoms with Gasteiger partial charge < -0.3 is 9.80 Å². The molecule has 2 fully saturated rings. The Morgan fingerprint density at radius 1 is 1.15 bits per heavy atom. The SMILES string of the molecule is CS(=O)(=O)N(CCN1CCCCC1)C1CCCN(C(=O)c2ncccn2)C1. The molecule has 1 aromatic rings. The van der Waals surface area contributed by atoms with Crippen molar-refractivity contribution < 1.29 is 13.2 Å². The highest BCUT2D eigenvalue weighted by atomic mass is 32.2. The molecule has 0 aliphatic carbocycles. The summed E-state index contributed by atoms with van der Waals surface area (Å²) in [6.45, 7) is 4.31. The second-order valence-electron chi connectivity index (χ2n) is 7.40. The van der Waals surface area contributed by atoms with E-state index in [-0.39, 0.29) is 17.8 Å². The summed E-state index contributed by atoms with van der Waals surface area (Å²) in [5, 5.41) is 0. The number of piperidine rings is 2. The third kappa shape index (κ3) is 5.46. The fourth-order valence-corrected chi connectivity index (χ4v) is 5.09. The van der Waals surface area contributed by atoms with Gasteiger partial charge in [0.1, 0.15) is 0 Å². The zero-order chi connectivity index (χ0) is 19.3. The minimum Gasteiger partial charge on any atom is -0.334 e. The molecule has 2 aliphatic rings. The molecule has 27 heavy (non-hydrogen) atoms. The Morgan fingerprint density at radius 3 is 2.52 bits per heavy atom. The molecule has 0 saturated carbocycles. The Morgan fingerprint density at radius 2 is 1.85 bits per heavy atom. The molecule has 0 bridgehead atoms. The van der Waals surface area contributed by atoms with Crippen molar-refractivity contribution in [1.29, 1.82) is 0 Å². The zero-order valence-electron chi connectivity index (χ0n) is 16.0. The summed E-state index contributed by atoms with van der Waals surface area (Å²) in [6, 6.07) is 1.48. The number of hydrogen-bond donors (Lipinski definition) is 0. The molecule has 2 saturated heterocycles. The van der Waals surface area contributed by atoms with Crippen LogP contribution < -0.4 is 0 Å². The summed E-state index contributed by atoms with van der Waals surface area (Å²) >= 11 is 0. The van der Waals surface area contributed by atoms with Crippen molar-refractivity contribution in [2.75, 3.05) is 45.5 Å². The van der Waals surface area contributed by atoms with Crippen LogP contribution in [0.15, 0.2) is 18.5 Å². The molecule has 2 aliphatic heterocycles. The first-order valence-electron chi connectivity index (χ1n) is 9.70. The maximum absolute atomic E-state index is 12.6. The first-order chi connectivity index (χ1) is 12.9. The van der Waals surface area contributed by atoms with Crippen LogP contribution in [0.1, 0.15) is 42.7 Å². The third-order valence-corrected chi connectivity index (χ3v) is 6.69. The van der Waals surface area contributed by atoms with Gasteiger partial charge in [0.25, 0.3) is 5.91 Å². The summed E-state index contributed by atoms with van der Waals surface area (Å²) in [5.74, 6) is -0.0675. The second-order valence-corrected chi connectivity index (χ2v) is 9.33. The van der Waals surface area contributed by atoms with E-state index >= 15 is 0 Å². The van der Waals surface area contributed by atoms with E-state index in [1.165, 1.54) is 25.5 Å². The molecular formula is C18H29N5O3S. The number of amides is 1. The number of rotatable bonds is 6. The highest BCUT2D eigenvalue weighted by molar-refractivity contribution is 7.88. The number of sulfonamides is 1. The highest BCUT2D eigenvalue weighted by Gasteiger charge is 2.33. The quantitative estimate of drug-likeness (QED) is 0.709. The summed E-state index contributed by atoms with van der Waals surface area (Å²) in [7, 11) is -3.34. The van der Waals surface area contributed by atoms with Gasteiger partial charge in [-0.1, -0.05) is 6.42 Å². The van der Waals surface area contributed by atoms with Crippen molar-refractivity contribution in [2.45, 2.75) is 38.1 Å². The standard InChI is InChI=1S/C18H29N5O3S/c1-27(25,26)23(14-13-21-10-3-2-4-11-21)16-7-5-12-22(15-16)18(24)17-19-8-6-9-20-17/h6,8-9,16H,2-5,7,10-15H2,1H3. The molecular weight excluding hydrogens is 366 g/mol. The lowest BCUT2D eigenvalue weighted by molar-refractivity contribution is 0.0635. The van der Waals surface area contributed by atoms with E-state index in [0.717, 1.165) is 32.5 Å². The molecule has 1 atom stereocenters. The Bertz CT molecular complexity index is 722. The number of carbonyl (C=O) groups is 1. The number of carbonyl (C=O) groups excluding carboxylic acids is 1. The van der Waals surface area contributed by atoms with Crippen molar-refractivity contribution >= 4 is 15.9 Å². The van der Waals surface area contributed by atoms with Crippen molar-refractivity contribution in [3.05, 3.63) is 24.3 Å². The van der Waals surface area contributed by atoms with Gasteiger partial charge in [-0.2, -0.15) is 4.31 Å². The van der Waals surface area contributed by atoms with Gasteiger partial charge in [0.15, 0.2) is 0 Å². The van der Waals surface area contributed by atoms with E-state index < -0.39 is 10.0 Å². The Kier molecular flexibility index (Phi) is 6.78. The fourth-order valence-electron chi connectivity index (χ4n) is 3.97. The summed E-state index contributed by atoms with van der Waals surface area (Å²) in [6.07, 6.45) is 9.53. The lowest BCUT2D eigenvalue weighted by Crippen LogP contribution is -2.53. The molecule has 0 N–H and O–H groups in total. The van der Waals surface area contributed by atoms with Crippen molar-refractivity contribution in [2.24, 2.45) is 0 Å². The molecule has 1 unspecified atom stereocenters. The predicted octanol–water partition coefficient (Wildman–Crippen LogP) is 0.829. The molecule has 0 aromatic carbocycles. The van der Waals surface area contributed by atoms with Crippen LogP contribution in [-0.4, -0.2) is 90.0 Å². The average Bonchev–Trinajstić information content (AvgIpc) is 2.68. The highest BCUT2D eigenvalue weighted by Crippen LogP contribution is 2.20. The summed E-state index contributed by atoms with van der Waals surface area (Å²) in [5.41, 5.74) is 0. The monoisotopic (exact) mass is 395 g/mol. The smallest absolute Gasteiger partial charge is 0.291 e. The maximum atomic E-state index is 12.6. The van der Waals surface area contributed by atoms with Gasteiger partial charge >= 0.3 is 0 Å². The third-order valence-electron chi connectivity index (χ3n) is 5.36. The van der Waals surface area contributed by atoms with Crippen LogP contribution in [0, 0.1) is 0 Å². The lowest BCUT2D eigenvalue weighted by Gasteiger charge is -2.39. The molecule has 9 heteroatoms. The zero-order valence-corrected chi connectivity index (χ0v) is 16.8. The van der Waals surface area contributed by atoms with E-state index in [0.29, 0.717) is 19.6 Å². The van der Waals surface area contributed by atoms with Gasteiger partial charge in [-0.3, -0.25) is 4.79 Å². The largest absolute Gasteiger partial charge is 0.334 e. The molecule has 1 aromatic heterocycles. The summed E-state index contributed by atoms with van der Waals surface area (Å²) in [4.78, 5) is 24.7. The number of hydrogen-bond acceptors (Lipinski definition) is 6. The van der Waals surface area contributed by atoms with Crippen LogP contribution in [0.2, 0.25) is 0 Å². The second kappa shape index (κ2) is 9.07. The van der Waals surface area contributed by atoms with Gasteiger partial charge in [-0.05, 0) is 44.8 Å². The van der Waals surface area contributed by atoms with Crippen LogP contribution in [0.5, 0.6) is 0 Å². The van der Waals surface area contributed by atoms with Crippen LogP contribution in [0.3, 0.4) is 0 Å². The van der Waals surface area contributed by atoms with E-state index in [1.54, 1.807) is 27.7 Å². The number of nitrogens with zero attached hydrogens (tertiary/aromatic N) is 5. The van der Waals surface area contributed by atoms with Crippen molar-refractivity contribution in [3.63, 3.8) is 0 Å². The van der Waals surface area contributed by atoms with E-state index in [9.17, 15) is 13.2 Å². The van der Waals surface area contributed by atoms with E-state index in [2.05, 4.69) is 14.9 Å². The van der Waals surface area contributed by atoms with Crippen LogP contribution in [0.25, 0.3) is 0 Å². The van der Waals surface area contributed by atoms with Crippen molar-refractivity contribution in [3.8, 4) is 0 Å². The molecule has 0 spiro atoms. The Hall–Kier alpha value is -1.58. The van der Waals surface area contributed by atoms with Gasteiger partial charge in [-0.25, -0.2) is 18.4 Å². The van der Waals surface area contributed by atoms with Crippen LogP contribution >= 0.6 is 0 Å². The molecule has 3 rings (SSSR count). The minimum absolute atomic E-state index is 0.164. The molecule has 1 amide bonds. The van der Waals surface area contributed by atoms with Gasteiger partial charge in [0, 0.05) is 44.6 Å². The maximum Gasteiger partial charge on any atom is 0.291 e. The minimum atomic E-state index is -3.34. The molecule has 3 heterocycles. The number of aromatic nitrogens is 2. The average molecular weight is 396 g/mol. The van der Waals surface area contributed by atoms with E-state index in [4.69, 9.17) is 0 Å². The predicted molar refractivity (Wildman–Crippen MR) is 103 cm³/mol. The van der Waals surface area contributed by atoms with Crippen molar-refractivity contribution in [1.82, 2.24) is 24.1 Å². The molecule has 0 radical (unpaired) electrons. The molecule has 150 valence electrons. The van der Waals surface area contributed by atoms with E-state index in [1.807, 2.05) is 0 Å². The van der Waals surface area contributed by atoms with Crippen LogP contribution in [-0.2, 0) is 10.0 Å². The topological polar surface area (TPSA) is 86.7 Å². The molecule has 8 nitrogen and oxygen atoms in total.